The number of rotatable bonds is 6. The molecule has 1 aromatic rings. The van der Waals surface area contributed by atoms with Crippen molar-refractivity contribution in [3.8, 4) is 0 Å². The molecule has 0 fully saturated rings. The average Bonchev–Trinajstić information content (AvgIpc) is 2.39. The van der Waals surface area contributed by atoms with Crippen molar-refractivity contribution in [3.63, 3.8) is 0 Å². The summed E-state index contributed by atoms with van der Waals surface area (Å²) in [5, 5.41) is 18.0. The van der Waals surface area contributed by atoms with Crippen LogP contribution in [0.4, 0.5) is 0 Å². The second-order valence-electron chi connectivity index (χ2n) is 4.64. The molecule has 0 heterocycles. The van der Waals surface area contributed by atoms with Gasteiger partial charge in [-0.25, -0.2) is 17.9 Å². The number of aromatic carboxylic acids is 1. The van der Waals surface area contributed by atoms with Crippen molar-refractivity contribution in [2.45, 2.75) is 24.8 Å². The molecule has 6 nitrogen and oxygen atoms in total. The molecule has 0 amide bonds. The molecular weight excluding hydrogens is 386 g/mol. The monoisotopic (exact) mass is 399 g/mol. The van der Waals surface area contributed by atoms with Gasteiger partial charge in [-0.2, -0.15) is 0 Å². The fourth-order valence-corrected chi connectivity index (χ4v) is 3.67. The molecule has 0 aromatic heterocycles. The lowest BCUT2D eigenvalue weighted by Gasteiger charge is -2.19. The highest BCUT2D eigenvalue weighted by molar-refractivity contribution is 9.10. The predicted molar refractivity (Wildman–Crippen MR) is 82.1 cm³/mol. The molecule has 0 saturated heterocycles. The number of hydrogen-bond acceptors (Lipinski definition) is 4. The third-order valence-corrected chi connectivity index (χ3v) is 5.82. The molecule has 9 heteroatoms. The van der Waals surface area contributed by atoms with Gasteiger partial charge in [0.25, 0.3) is 0 Å². The molecule has 2 atom stereocenters. The maximum absolute atomic E-state index is 12.3. The van der Waals surface area contributed by atoms with E-state index in [0.717, 1.165) is 6.07 Å². The van der Waals surface area contributed by atoms with Crippen molar-refractivity contribution in [2.75, 3.05) is 6.61 Å². The van der Waals surface area contributed by atoms with Crippen LogP contribution < -0.4 is 4.72 Å². The smallest absolute Gasteiger partial charge is 0.337 e. The number of halogens is 2. The fourth-order valence-electron chi connectivity index (χ4n) is 1.46. The number of nitrogens with one attached hydrogen (secondary N) is 1. The molecule has 3 N–H and O–H groups in total. The first-order valence-electron chi connectivity index (χ1n) is 5.95. The van der Waals surface area contributed by atoms with E-state index in [1.807, 2.05) is 0 Å². The van der Waals surface area contributed by atoms with Crippen molar-refractivity contribution in [3.05, 3.63) is 27.2 Å². The van der Waals surface area contributed by atoms with Crippen LogP contribution in [0, 0.1) is 5.92 Å². The number of aliphatic hydroxyl groups excluding tert-OH is 1. The van der Waals surface area contributed by atoms with Crippen LogP contribution in [0.15, 0.2) is 21.5 Å². The average molecular weight is 401 g/mol. The summed E-state index contributed by atoms with van der Waals surface area (Å²) in [5.74, 6) is -1.61. The number of carboxylic acid groups (broad SMARTS) is 1. The van der Waals surface area contributed by atoms with E-state index in [1.165, 1.54) is 6.07 Å². The molecule has 0 bridgehead atoms. The van der Waals surface area contributed by atoms with E-state index in [2.05, 4.69) is 20.7 Å². The first-order valence-corrected chi connectivity index (χ1v) is 8.61. The van der Waals surface area contributed by atoms with Gasteiger partial charge in [-0.05, 0) is 40.9 Å². The van der Waals surface area contributed by atoms with E-state index in [9.17, 15) is 13.2 Å². The molecule has 1 aromatic carbocycles. The Morgan fingerprint density at radius 3 is 2.48 bits per heavy atom. The molecule has 0 spiro atoms. The summed E-state index contributed by atoms with van der Waals surface area (Å²) in [6.45, 7) is 3.13. The normalized spacial score (nSPS) is 14.7. The Morgan fingerprint density at radius 2 is 2.00 bits per heavy atom. The third kappa shape index (κ3) is 4.40. The zero-order valence-electron chi connectivity index (χ0n) is 11.3. The minimum absolute atomic E-state index is 0.0711. The quantitative estimate of drug-likeness (QED) is 0.678. The zero-order chi connectivity index (χ0) is 16.4. The molecule has 0 aliphatic rings. The number of carbonyl (C=O) groups is 1. The van der Waals surface area contributed by atoms with E-state index in [-0.39, 0.29) is 32.5 Å². The molecule has 2 unspecified atom stereocenters. The third-order valence-electron chi connectivity index (χ3n) is 3.03. The van der Waals surface area contributed by atoms with Crippen molar-refractivity contribution < 1.29 is 23.4 Å². The molecular formula is C12H15BrClNO5S. The number of aliphatic hydroxyl groups is 1. The largest absolute Gasteiger partial charge is 0.478 e. The Hall–Kier alpha value is -0.670. The van der Waals surface area contributed by atoms with Crippen molar-refractivity contribution in [2.24, 2.45) is 5.92 Å². The van der Waals surface area contributed by atoms with Crippen LogP contribution in [-0.4, -0.2) is 37.2 Å². The standard InChI is InChI=1S/C12H15BrClNO5S/c1-6(5-16)7(2)15-21(19,20)8-3-9(12(17)18)11(14)10(13)4-8/h3-4,6-7,15-16H,5H2,1-2H3,(H,17,18). The van der Waals surface area contributed by atoms with Crippen LogP contribution in [0.25, 0.3) is 0 Å². The van der Waals surface area contributed by atoms with Crippen LogP contribution in [-0.2, 0) is 10.0 Å². The Balaban J connectivity index is 3.24. The highest BCUT2D eigenvalue weighted by atomic mass is 79.9. The Bertz CT molecular complexity index is 649. The van der Waals surface area contributed by atoms with Crippen LogP contribution in [0.5, 0.6) is 0 Å². The lowest BCUT2D eigenvalue weighted by molar-refractivity contribution is 0.0696. The summed E-state index contributed by atoms with van der Waals surface area (Å²) >= 11 is 8.85. The topological polar surface area (TPSA) is 104 Å². The highest BCUT2D eigenvalue weighted by Gasteiger charge is 2.24. The van der Waals surface area contributed by atoms with Crippen molar-refractivity contribution in [1.82, 2.24) is 4.72 Å². The van der Waals surface area contributed by atoms with Crippen LogP contribution in [0.3, 0.4) is 0 Å². The van der Waals surface area contributed by atoms with Gasteiger partial charge in [0.05, 0.1) is 15.5 Å². The fraction of sp³-hybridized carbons (Fsp3) is 0.417. The minimum Gasteiger partial charge on any atom is -0.478 e. The summed E-state index contributed by atoms with van der Waals surface area (Å²) in [6.07, 6.45) is 0. The second kappa shape index (κ2) is 7.06. The van der Waals surface area contributed by atoms with Crippen molar-refractivity contribution >= 4 is 43.5 Å². The van der Waals surface area contributed by atoms with Gasteiger partial charge in [0.1, 0.15) is 0 Å². The number of sulfonamides is 1. The maximum atomic E-state index is 12.3. The Kier molecular flexibility index (Phi) is 6.18. The minimum atomic E-state index is -3.92. The maximum Gasteiger partial charge on any atom is 0.337 e. The SMILES string of the molecule is CC(CO)C(C)NS(=O)(=O)c1cc(Br)c(Cl)c(C(=O)O)c1. The summed E-state index contributed by atoms with van der Waals surface area (Å²) in [5.41, 5.74) is -0.311. The summed E-state index contributed by atoms with van der Waals surface area (Å²) in [7, 11) is -3.92. The van der Waals surface area contributed by atoms with Gasteiger partial charge in [-0.1, -0.05) is 18.5 Å². The number of benzene rings is 1. The molecule has 0 aliphatic heterocycles. The van der Waals surface area contributed by atoms with Gasteiger partial charge in [0.2, 0.25) is 10.0 Å². The lowest BCUT2D eigenvalue weighted by Crippen LogP contribution is -2.38. The van der Waals surface area contributed by atoms with Crippen LogP contribution in [0.2, 0.25) is 5.02 Å². The molecule has 0 saturated carbocycles. The second-order valence-corrected chi connectivity index (χ2v) is 7.59. The molecule has 0 radical (unpaired) electrons. The summed E-state index contributed by atoms with van der Waals surface area (Å²) in [6, 6.07) is 1.71. The zero-order valence-corrected chi connectivity index (χ0v) is 14.5. The number of hydrogen-bond donors (Lipinski definition) is 3. The molecule has 21 heavy (non-hydrogen) atoms. The van der Waals surface area contributed by atoms with Gasteiger partial charge in [0, 0.05) is 17.1 Å². The van der Waals surface area contributed by atoms with E-state index in [1.54, 1.807) is 13.8 Å². The van der Waals surface area contributed by atoms with Crippen molar-refractivity contribution in [1.29, 1.82) is 0 Å². The van der Waals surface area contributed by atoms with Gasteiger partial charge in [0.15, 0.2) is 0 Å². The first-order chi connectivity index (χ1) is 9.60. The lowest BCUT2D eigenvalue weighted by atomic mass is 10.1. The number of carboxylic acids is 1. The van der Waals surface area contributed by atoms with E-state index < -0.39 is 22.0 Å². The van der Waals surface area contributed by atoms with Gasteiger partial charge >= 0.3 is 5.97 Å². The van der Waals surface area contributed by atoms with E-state index >= 15 is 0 Å². The van der Waals surface area contributed by atoms with Gasteiger partial charge in [-0.15, -0.1) is 0 Å². The van der Waals surface area contributed by atoms with Gasteiger partial charge < -0.3 is 10.2 Å². The molecule has 118 valence electrons. The van der Waals surface area contributed by atoms with Crippen LogP contribution >= 0.6 is 27.5 Å². The van der Waals surface area contributed by atoms with Crippen LogP contribution in [0.1, 0.15) is 24.2 Å². The van der Waals surface area contributed by atoms with E-state index in [4.69, 9.17) is 21.8 Å². The molecule has 0 aliphatic carbocycles. The summed E-state index contributed by atoms with van der Waals surface area (Å²) < 4.78 is 27.1. The Labute approximate surface area is 136 Å². The molecule has 1 rings (SSSR count). The summed E-state index contributed by atoms with van der Waals surface area (Å²) in [4.78, 5) is 10.9. The van der Waals surface area contributed by atoms with E-state index in [0.29, 0.717) is 0 Å². The highest BCUT2D eigenvalue weighted by Crippen LogP contribution is 2.30. The first kappa shape index (κ1) is 18.4. The van der Waals surface area contributed by atoms with Gasteiger partial charge in [-0.3, -0.25) is 0 Å². The predicted octanol–water partition coefficient (Wildman–Crippen LogP) is 2.10. The Morgan fingerprint density at radius 1 is 1.43 bits per heavy atom.